The number of sulfone groups is 1. The molecule has 1 aromatic rings. The van der Waals surface area contributed by atoms with E-state index in [-0.39, 0.29) is 5.78 Å². The Morgan fingerprint density at radius 2 is 2.00 bits per heavy atom. The molecule has 0 fully saturated rings. The van der Waals surface area contributed by atoms with Crippen LogP contribution in [0.15, 0.2) is 28.0 Å². The van der Waals surface area contributed by atoms with Gasteiger partial charge in [-0.2, -0.15) is 0 Å². The highest BCUT2D eigenvalue weighted by atomic mass is 32.2. The summed E-state index contributed by atoms with van der Waals surface area (Å²) in [6.07, 6.45) is 1.99. The molecule has 0 N–H and O–H groups in total. The van der Waals surface area contributed by atoms with E-state index in [0.717, 1.165) is 5.56 Å². The van der Waals surface area contributed by atoms with Crippen LogP contribution in [-0.2, 0) is 21.1 Å². The maximum absolute atomic E-state index is 11.8. The quantitative estimate of drug-likeness (QED) is 0.788. The van der Waals surface area contributed by atoms with Crippen molar-refractivity contribution in [2.24, 2.45) is 0 Å². The molecule has 0 saturated carbocycles. The zero-order chi connectivity index (χ0) is 11.9. The van der Waals surface area contributed by atoms with Crippen LogP contribution in [0.3, 0.4) is 0 Å². The van der Waals surface area contributed by atoms with Gasteiger partial charge in [-0.25, -0.2) is 8.42 Å². The molecule has 4 heteroatoms. The summed E-state index contributed by atoms with van der Waals surface area (Å²) in [6.45, 7) is 3.10. The second kappa shape index (κ2) is 3.56. The number of allylic oxidation sites excluding steroid dienone is 1. The van der Waals surface area contributed by atoms with Crippen molar-refractivity contribution in [2.45, 2.75) is 25.2 Å². The molecule has 16 heavy (non-hydrogen) atoms. The van der Waals surface area contributed by atoms with Crippen molar-refractivity contribution < 1.29 is 13.2 Å². The van der Waals surface area contributed by atoms with E-state index in [9.17, 15) is 13.2 Å². The molecule has 1 aliphatic rings. The molecule has 0 aromatic heterocycles. The van der Waals surface area contributed by atoms with Gasteiger partial charge in [-0.15, -0.1) is 0 Å². The lowest BCUT2D eigenvalue weighted by atomic mass is 10.1. The fourth-order valence-corrected chi connectivity index (χ4v) is 3.13. The number of fused-ring (bicyclic) bond motifs is 1. The maximum atomic E-state index is 11.8. The molecule has 0 bridgehead atoms. The average Bonchev–Trinajstić information content (AvgIpc) is 2.36. The van der Waals surface area contributed by atoms with E-state index in [0.29, 0.717) is 21.8 Å². The third-order valence-electron chi connectivity index (χ3n) is 2.60. The van der Waals surface area contributed by atoms with Crippen LogP contribution in [0.25, 0.3) is 6.08 Å². The highest BCUT2D eigenvalue weighted by molar-refractivity contribution is 7.95. The first-order chi connectivity index (χ1) is 7.41. The number of hydrogen-bond acceptors (Lipinski definition) is 3. The lowest BCUT2D eigenvalue weighted by Crippen LogP contribution is -2.00. The van der Waals surface area contributed by atoms with Crippen molar-refractivity contribution >= 4 is 21.7 Å². The molecule has 84 valence electrons. The molecule has 0 saturated heterocycles. The van der Waals surface area contributed by atoms with Gasteiger partial charge in [-0.1, -0.05) is 6.07 Å². The molecular weight excluding hydrogens is 224 g/mol. The largest absolute Gasteiger partial charge is 0.300 e. The monoisotopic (exact) mass is 236 g/mol. The van der Waals surface area contributed by atoms with Gasteiger partial charge in [0.05, 0.1) is 4.90 Å². The summed E-state index contributed by atoms with van der Waals surface area (Å²) >= 11 is 0. The van der Waals surface area contributed by atoms with E-state index < -0.39 is 9.84 Å². The highest BCUT2D eigenvalue weighted by Crippen LogP contribution is 2.32. The van der Waals surface area contributed by atoms with E-state index in [1.54, 1.807) is 31.2 Å². The lowest BCUT2D eigenvalue weighted by molar-refractivity contribution is -0.116. The fourth-order valence-electron chi connectivity index (χ4n) is 1.82. The summed E-state index contributed by atoms with van der Waals surface area (Å²) in [7, 11) is -3.25. The third kappa shape index (κ3) is 1.69. The minimum Gasteiger partial charge on any atom is -0.300 e. The number of rotatable bonds is 2. The summed E-state index contributed by atoms with van der Waals surface area (Å²) in [5, 5.41) is 0. The van der Waals surface area contributed by atoms with E-state index >= 15 is 0 Å². The van der Waals surface area contributed by atoms with Gasteiger partial charge in [0.2, 0.25) is 9.84 Å². The first-order valence-electron chi connectivity index (χ1n) is 4.97. The molecule has 1 aromatic carbocycles. The summed E-state index contributed by atoms with van der Waals surface area (Å²) in [4.78, 5) is 11.7. The van der Waals surface area contributed by atoms with Gasteiger partial charge in [0.15, 0.2) is 0 Å². The predicted molar refractivity (Wildman–Crippen MR) is 61.7 cm³/mol. The first-order valence-corrected chi connectivity index (χ1v) is 6.45. The second-order valence-corrected chi connectivity index (χ2v) is 6.10. The summed E-state index contributed by atoms with van der Waals surface area (Å²) in [5.74, 6) is 0.0708. The van der Waals surface area contributed by atoms with Gasteiger partial charge in [0.1, 0.15) is 5.78 Å². The van der Waals surface area contributed by atoms with Gasteiger partial charge < -0.3 is 0 Å². The second-order valence-electron chi connectivity index (χ2n) is 4.01. The first kappa shape index (κ1) is 11.1. The Morgan fingerprint density at radius 3 is 2.62 bits per heavy atom. The minimum atomic E-state index is -3.25. The van der Waals surface area contributed by atoms with Crippen LogP contribution in [0.2, 0.25) is 0 Å². The van der Waals surface area contributed by atoms with Gasteiger partial charge in [-0.3, -0.25) is 4.79 Å². The molecule has 2 rings (SSSR count). The van der Waals surface area contributed by atoms with Crippen LogP contribution in [0.5, 0.6) is 0 Å². The average molecular weight is 236 g/mol. The number of Topliss-reactive ketones (excluding diaryl/α,β-unsaturated/α-hetero) is 1. The Morgan fingerprint density at radius 1 is 1.31 bits per heavy atom. The zero-order valence-corrected chi connectivity index (χ0v) is 9.97. The van der Waals surface area contributed by atoms with Gasteiger partial charge >= 0.3 is 0 Å². The van der Waals surface area contributed by atoms with Gasteiger partial charge in [0, 0.05) is 11.3 Å². The summed E-state index contributed by atoms with van der Waals surface area (Å²) in [6, 6.07) is 5.05. The van der Waals surface area contributed by atoms with Crippen LogP contribution < -0.4 is 0 Å². The SMILES string of the molecule is CC(=O)Cc1ccc2c(c1)C=C(C)S2(=O)=O. The Kier molecular flexibility index (Phi) is 2.46. The highest BCUT2D eigenvalue weighted by Gasteiger charge is 2.26. The molecule has 3 nitrogen and oxygen atoms in total. The Hall–Kier alpha value is -1.42. The molecule has 0 atom stereocenters. The van der Waals surface area contributed by atoms with Crippen molar-refractivity contribution in [3.05, 3.63) is 34.2 Å². The molecule has 0 aliphatic carbocycles. The van der Waals surface area contributed by atoms with Crippen molar-refractivity contribution in [1.82, 2.24) is 0 Å². The summed E-state index contributed by atoms with van der Waals surface area (Å²) < 4.78 is 23.6. The smallest absolute Gasteiger partial charge is 0.203 e. The standard InChI is InChI=1S/C12H12O3S/c1-8(13)5-10-3-4-12-11(7-10)6-9(2)16(12,14)15/h3-4,6-7H,5H2,1-2H3. The van der Waals surface area contributed by atoms with Crippen LogP contribution in [0.1, 0.15) is 25.0 Å². The van der Waals surface area contributed by atoms with Crippen molar-refractivity contribution in [3.63, 3.8) is 0 Å². The van der Waals surface area contributed by atoms with Gasteiger partial charge in [-0.05, 0) is 43.2 Å². The van der Waals surface area contributed by atoms with E-state index in [4.69, 9.17) is 0 Å². The fraction of sp³-hybridized carbons (Fsp3) is 0.250. The Bertz CT molecular complexity index is 595. The van der Waals surface area contributed by atoms with E-state index in [1.165, 1.54) is 6.92 Å². The van der Waals surface area contributed by atoms with E-state index in [1.807, 2.05) is 0 Å². The number of carbonyl (C=O) groups is 1. The van der Waals surface area contributed by atoms with Crippen molar-refractivity contribution in [2.75, 3.05) is 0 Å². The lowest BCUT2D eigenvalue weighted by Gasteiger charge is -2.02. The number of hydrogen-bond donors (Lipinski definition) is 0. The molecule has 1 heterocycles. The summed E-state index contributed by atoms with van der Waals surface area (Å²) in [5.41, 5.74) is 1.55. The van der Waals surface area contributed by atoms with Crippen LogP contribution >= 0.6 is 0 Å². The Balaban J connectivity index is 2.51. The molecule has 0 spiro atoms. The Labute approximate surface area is 94.7 Å². The van der Waals surface area contributed by atoms with E-state index in [2.05, 4.69) is 0 Å². The zero-order valence-electron chi connectivity index (χ0n) is 9.15. The number of ketones is 1. The third-order valence-corrected chi connectivity index (χ3v) is 4.52. The molecule has 0 radical (unpaired) electrons. The molecule has 0 amide bonds. The number of carbonyl (C=O) groups excluding carboxylic acids is 1. The molecule has 0 unspecified atom stereocenters. The van der Waals surface area contributed by atoms with Crippen molar-refractivity contribution in [1.29, 1.82) is 0 Å². The maximum Gasteiger partial charge on any atom is 0.203 e. The molecular formula is C12H12O3S. The number of benzene rings is 1. The minimum absolute atomic E-state index is 0.0708. The van der Waals surface area contributed by atoms with Crippen LogP contribution in [-0.4, -0.2) is 14.2 Å². The van der Waals surface area contributed by atoms with Crippen molar-refractivity contribution in [3.8, 4) is 0 Å². The van der Waals surface area contributed by atoms with Crippen LogP contribution in [0.4, 0.5) is 0 Å². The topological polar surface area (TPSA) is 51.2 Å². The normalized spacial score (nSPS) is 16.8. The predicted octanol–water partition coefficient (Wildman–Crippen LogP) is 1.97. The molecule has 1 aliphatic heterocycles. The van der Waals surface area contributed by atoms with Crippen LogP contribution in [0, 0.1) is 0 Å². The van der Waals surface area contributed by atoms with Gasteiger partial charge in [0.25, 0.3) is 0 Å².